The first-order chi connectivity index (χ1) is 13.6. The smallest absolute Gasteiger partial charge is 0.258 e. The third-order valence-corrected chi connectivity index (χ3v) is 4.67. The van der Waals surface area contributed by atoms with Crippen LogP contribution < -0.4 is 10.9 Å². The molecule has 0 bridgehead atoms. The zero-order valence-electron chi connectivity index (χ0n) is 14.8. The number of fused-ring (bicyclic) bond motifs is 1. The second-order valence-electron chi connectivity index (χ2n) is 6.34. The van der Waals surface area contributed by atoms with Crippen LogP contribution in [-0.4, -0.2) is 15.5 Å². The molecule has 0 aliphatic carbocycles. The lowest BCUT2D eigenvalue weighted by atomic mass is 10.1. The number of aromatic nitrogens is 2. The zero-order valence-corrected chi connectivity index (χ0v) is 15.6. The number of anilines is 1. The number of nitrogens with one attached hydrogen (secondary N) is 1. The van der Waals surface area contributed by atoms with Gasteiger partial charge in [0.1, 0.15) is 0 Å². The lowest BCUT2D eigenvalue weighted by molar-refractivity contribution is 0.102. The number of rotatable bonds is 4. The van der Waals surface area contributed by atoms with Gasteiger partial charge in [-0.3, -0.25) is 14.6 Å². The molecule has 0 radical (unpaired) electrons. The molecule has 5 nitrogen and oxygen atoms in total. The van der Waals surface area contributed by atoms with E-state index >= 15 is 0 Å². The van der Waals surface area contributed by atoms with Crippen LogP contribution in [0.3, 0.4) is 0 Å². The van der Waals surface area contributed by atoms with Gasteiger partial charge in [-0.2, -0.15) is 0 Å². The average Bonchev–Trinajstić information content (AvgIpc) is 2.72. The lowest BCUT2D eigenvalue weighted by Gasteiger charge is -2.13. The quantitative estimate of drug-likeness (QED) is 0.564. The summed E-state index contributed by atoms with van der Waals surface area (Å²) in [7, 11) is 0. The normalized spacial score (nSPS) is 10.8. The number of halogens is 1. The van der Waals surface area contributed by atoms with Crippen molar-refractivity contribution in [2.75, 3.05) is 5.32 Å². The molecule has 0 saturated heterocycles. The Morgan fingerprint density at radius 1 is 1.00 bits per heavy atom. The molecular formula is C22H16ClN3O2. The first-order valence-corrected chi connectivity index (χ1v) is 9.07. The molecule has 1 amide bonds. The van der Waals surface area contributed by atoms with E-state index in [9.17, 15) is 9.59 Å². The summed E-state index contributed by atoms with van der Waals surface area (Å²) in [6.45, 7) is 0.332. The standard InChI is InChI=1S/C22H16ClN3O2/c23-16-7-9-17(10-8-16)25-21(27)20-14-26(13-15-4-3-11-24-12-15)22(28)19-6-2-1-5-18(19)20/h1-12,14H,13H2,(H,25,27). The summed E-state index contributed by atoms with van der Waals surface area (Å²) in [5, 5.41) is 4.56. The topological polar surface area (TPSA) is 64.0 Å². The van der Waals surface area contributed by atoms with E-state index in [1.807, 2.05) is 18.2 Å². The van der Waals surface area contributed by atoms with E-state index in [4.69, 9.17) is 11.6 Å². The second kappa shape index (κ2) is 7.66. The van der Waals surface area contributed by atoms with Crippen molar-refractivity contribution in [2.45, 2.75) is 6.54 Å². The van der Waals surface area contributed by atoms with Crippen LogP contribution in [0.2, 0.25) is 5.02 Å². The monoisotopic (exact) mass is 389 g/mol. The highest BCUT2D eigenvalue weighted by molar-refractivity contribution is 6.30. The average molecular weight is 390 g/mol. The number of hydrogen-bond acceptors (Lipinski definition) is 3. The van der Waals surface area contributed by atoms with Gasteiger partial charge in [-0.15, -0.1) is 0 Å². The number of benzene rings is 2. The SMILES string of the molecule is O=C(Nc1ccc(Cl)cc1)c1cn(Cc2cccnc2)c(=O)c2ccccc12. The van der Waals surface area contributed by atoms with Gasteiger partial charge in [-0.25, -0.2) is 0 Å². The van der Waals surface area contributed by atoms with Gasteiger partial charge in [0.05, 0.1) is 12.1 Å². The fourth-order valence-corrected chi connectivity index (χ4v) is 3.19. The van der Waals surface area contributed by atoms with Crippen molar-refractivity contribution in [3.8, 4) is 0 Å². The van der Waals surface area contributed by atoms with Crippen molar-refractivity contribution in [1.82, 2.24) is 9.55 Å². The van der Waals surface area contributed by atoms with Crippen LogP contribution in [0, 0.1) is 0 Å². The largest absolute Gasteiger partial charge is 0.322 e. The highest BCUT2D eigenvalue weighted by Crippen LogP contribution is 2.19. The fraction of sp³-hybridized carbons (Fsp3) is 0.0455. The Morgan fingerprint density at radius 3 is 2.46 bits per heavy atom. The van der Waals surface area contributed by atoms with E-state index in [1.165, 1.54) is 4.57 Å². The van der Waals surface area contributed by atoms with Gasteiger partial charge in [0, 0.05) is 40.1 Å². The number of amides is 1. The van der Waals surface area contributed by atoms with E-state index in [-0.39, 0.29) is 11.5 Å². The molecule has 0 spiro atoms. The Balaban J connectivity index is 1.78. The Morgan fingerprint density at radius 2 is 1.75 bits per heavy atom. The molecule has 4 rings (SSSR count). The summed E-state index contributed by atoms with van der Waals surface area (Å²) >= 11 is 5.90. The van der Waals surface area contributed by atoms with Crippen molar-refractivity contribution in [3.05, 3.63) is 106 Å². The highest BCUT2D eigenvalue weighted by atomic mass is 35.5. The Labute approximate surface area is 166 Å². The lowest BCUT2D eigenvalue weighted by Crippen LogP contribution is -2.24. The van der Waals surface area contributed by atoms with Gasteiger partial charge < -0.3 is 9.88 Å². The summed E-state index contributed by atoms with van der Waals surface area (Å²) in [4.78, 5) is 29.9. The van der Waals surface area contributed by atoms with E-state index in [0.29, 0.717) is 33.6 Å². The van der Waals surface area contributed by atoms with Gasteiger partial charge in [-0.1, -0.05) is 35.9 Å². The minimum atomic E-state index is -0.293. The molecule has 0 aliphatic rings. The molecule has 28 heavy (non-hydrogen) atoms. The van der Waals surface area contributed by atoms with Gasteiger partial charge in [0.2, 0.25) is 0 Å². The molecule has 2 aromatic heterocycles. The summed E-state index contributed by atoms with van der Waals surface area (Å²) in [6.07, 6.45) is 4.98. The molecule has 138 valence electrons. The van der Waals surface area contributed by atoms with Crippen LogP contribution >= 0.6 is 11.6 Å². The van der Waals surface area contributed by atoms with Gasteiger partial charge in [-0.05, 0) is 42.0 Å². The van der Waals surface area contributed by atoms with E-state index in [1.54, 1.807) is 61.1 Å². The molecule has 2 aromatic carbocycles. The minimum Gasteiger partial charge on any atom is -0.322 e. The molecule has 0 fully saturated rings. The van der Waals surface area contributed by atoms with Crippen molar-refractivity contribution < 1.29 is 4.79 Å². The molecule has 6 heteroatoms. The number of carbonyl (C=O) groups is 1. The zero-order chi connectivity index (χ0) is 19.5. The van der Waals surface area contributed by atoms with Crippen molar-refractivity contribution in [3.63, 3.8) is 0 Å². The third kappa shape index (κ3) is 3.66. The van der Waals surface area contributed by atoms with Crippen LogP contribution in [0.1, 0.15) is 15.9 Å². The number of hydrogen-bond donors (Lipinski definition) is 1. The predicted molar refractivity (Wildman–Crippen MR) is 111 cm³/mol. The molecule has 0 saturated carbocycles. The number of nitrogens with zero attached hydrogens (tertiary/aromatic N) is 2. The van der Waals surface area contributed by atoms with Crippen molar-refractivity contribution >= 4 is 34.0 Å². The van der Waals surface area contributed by atoms with E-state index < -0.39 is 0 Å². The molecule has 0 atom stereocenters. The van der Waals surface area contributed by atoms with Gasteiger partial charge in [0.25, 0.3) is 11.5 Å². The maximum Gasteiger partial charge on any atom is 0.258 e. The van der Waals surface area contributed by atoms with Crippen LogP contribution in [0.25, 0.3) is 10.8 Å². The number of carbonyl (C=O) groups excluding carboxylic acids is 1. The first kappa shape index (κ1) is 17.9. The molecule has 4 aromatic rings. The molecule has 0 unspecified atom stereocenters. The summed E-state index contributed by atoms with van der Waals surface area (Å²) in [5.41, 5.74) is 1.78. The second-order valence-corrected chi connectivity index (χ2v) is 6.78. The van der Waals surface area contributed by atoms with Crippen LogP contribution in [0.5, 0.6) is 0 Å². The molecule has 1 N–H and O–H groups in total. The predicted octanol–water partition coefficient (Wildman–Crippen LogP) is 4.35. The van der Waals surface area contributed by atoms with Crippen LogP contribution in [-0.2, 0) is 6.54 Å². The van der Waals surface area contributed by atoms with Crippen molar-refractivity contribution in [1.29, 1.82) is 0 Å². The van der Waals surface area contributed by atoms with Crippen LogP contribution in [0.15, 0.2) is 84.0 Å². The number of pyridine rings is 2. The summed E-state index contributed by atoms with van der Waals surface area (Å²) in [5.74, 6) is -0.293. The first-order valence-electron chi connectivity index (χ1n) is 8.70. The Kier molecular flexibility index (Phi) is 4.91. The summed E-state index contributed by atoms with van der Waals surface area (Å²) < 4.78 is 1.54. The van der Waals surface area contributed by atoms with Crippen molar-refractivity contribution in [2.24, 2.45) is 0 Å². The van der Waals surface area contributed by atoms with Gasteiger partial charge in [0.15, 0.2) is 0 Å². The van der Waals surface area contributed by atoms with Gasteiger partial charge >= 0.3 is 0 Å². The molecule has 0 aliphatic heterocycles. The van der Waals surface area contributed by atoms with E-state index in [0.717, 1.165) is 5.56 Å². The Bertz CT molecular complexity index is 1200. The highest BCUT2D eigenvalue weighted by Gasteiger charge is 2.15. The Hall–Kier alpha value is -3.44. The van der Waals surface area contributed by atoms with Crippen LogP contribution in [0.4, 0.5) is 5.69 Å². The minimum absolute atomic E-state index is 0.150. The van der Waals surface area contributed by atoms with E-state index in [2.05, 4.69) is 10.3 Å². The fourth-order valence-electron chi connectivity index (χ4n) is 3.06. The summed E-state index contributed by atoms with van der Waals surface area (Å²) in [6, 6.07) is 17.7. The maximum atomic E-state index is 13.0. The maximum absolute atomic E-state index is 13.0. The third-order valence-electron chi connectivity index (χ3n) is 4.42. The molecule has 2 heterocycles. The molecular weight excluding hydrogens is 374 g/mol.